The lowest BCUT2D eigenvalue weighted by molar-refractivity contribution is -0.123. The molecule has 31 heavy (non-hydrogen) atoms. The molecule has 0 spiro atoms. The third kappa shape index (κ3) is 3.25. The molecule has 0 bridgehead atoms. The van der Waals surface area contributed by atoms with Gasteiger partial charge in [-0.15, -0.1) is 0 Å². The minimum absolute atomic E-state index is 0.354. The molecule has 4 aromatic rings. The van der Waals surface area contributed by atoms with Gasteiger partial charge in [0.2, 0.25) is 0 Å². The van der Waals surface area contributed by atoms with E-state index in [-0.39, 0.29) is 11.8 Å². The number of carbonyl (C=O) groups is 2. The maximum Gasteiger partial charge on any atom is 0.277 e. The Morgan fingerprint density at radius 1 is 0.839 bits per heavy atom. The van der Waals surface area contributed by atoms with E-state index in [0.29, 0.717) is 11.4 Å². The van der Waals surface area contributed by atoms with E-state index >= 15 is 0 Å². The minimum Gasteiger partial charge on any atom is -0.310 e. The van der Waals surface area contributed by atoms with Gasteiger partial charge in [0.25, 0.3) is 11.8 Å². The molecule has 2 aromatic carbocycles. The van der Waals surface area contributed by atoms with Crippen molar-refractivity contribution in [3.8, 4) is 0 Å². The topological polar surface area (TPSA) is 59.3 Å². The average Bonchev–Trinajstić information content (AvgIpc) is 3.41. The third-order valence-electron chi connectivity index (χ3n) is 5.81. The summed E-state index contributed by atoms with van der Waals surface area (Å²) in [4.78, 5) is 28.0. The maximum absolute atomic E-state index is 13.0. The molecule has 2 amide bonds. The van der Waals surface area contributed by atoms with Crippen molar-refractivity contribution in [1.29, 1.82) is 0 Å². The normalized spacial score (nSPS) is 14.4. The summed E-state index contributed by atoms with van der Waals surface area (Å²) >= 11 is 0. The molecule has 0 radical (unpaired) electrons. The first-order chi connectivity index (χ1) is 15.0. The number of fused-ring (bicyclic) bond motifs is 2. The number of hydrogen-bond acceptors (Lipinski definition) is 3. The molecule has 0 atom stereocenters. The van der Waals surface area contributed by atoms with Gasteiger partial charge in [0.15, 0.2) is 0 Å². The van der Waals surface area contributed by atoms with Crippen LogP contribution >= 0.6 is 0 Å². The summed E-state index contributed by atoms with van der Waals surface area (Å²) in [6, 6.07) is 17.8. The first-order valence-electron chi connectivity index (χ1n) is 10.4. The van der Waals surface area contributed by atoms with E-state index in [4.69, 9.17) is 0 Å². The molecule has 1 aliphatic rings. The lowest BCUT2D eigenvalue weighted by Crippen LogP contribution is -2.24. The molecule has 6 nitrogen and oxygen atoms in total. The average molecular weight is 412 g/mol. The number of nitrogens with zero attached hydrogens (tertiary/aromatic N) is 3. The third-order valence-corrected chi connectivity index (χ3v) is 5.81. The molecule has 5 rings (SSSR count). The first-order valence-corrected chi connectivity index (χ1v) is 10.4. The molecule has 1 N–H and O–H groups in total. The summed E-state index contributed by atoms with van der Waals surface area (Å²) in [6.07, 6.45) is 5.78. The molecule has 0 unspecified atom stereocenters. The highest BCUT2D eigenvalue weighted by molar-refractivity contribution is 6.44. The van der Waals surface area contributed by atoms with Crippen molar-refractivity contribution >= 4 is 45.0 Å². The maximum atomic E-state index is 13.0. The van der Waals surface area contributed by atoms with E-state index in [9.17, 15) is 9.59 Å². The molecule has 0 fully saturated rings. The smallest absolute Gasteiger partial charge is 0.277 e. The zero-order valence-electron chi connectivity index (χ0n) is 17.6. The minimum atomic E-state index is -0.381. The van der Waals surface area contributed by atoms with Gasteiger partial charge < -0.3 is 14.0 Å². The van der Waals surface area contributed by atoms with Crippen LogP contribution in [0.15, 0.2) is 67.0 Å². The zero-order valence-corrected chi connectivity index (χ0v) is 17.6. The van der Waals surface area contributed by atoms with Gasteiger partial charge >= 0.3 is 0 Å². The van der Waals surface area contributed by atoms with E-state index in [1.54, 1.807) is 0 Å². The lowest BCUT2D eigenvalue weighted by atomic mass is 10.1. The summed E-state index contributed by atoms with van der Waals surface area (Å²) in [5, 5.41) is 4.63. The fourth-order valence-corrected chi connectivity index (χ4v) is 4.38. The van der Waals surface area contributed by atoms with E-state index in [1.165, 1.54) is 5.56 Å². The Kier molecular flexibility index (Phi) is 4.71. The van der Waals surface area contributed by atoms with Crippen LogP contribution in [-0.2, 0) is 16.0 Å². The Bertz CT molecular complexity index is 1360. The summed E-state index contributed by atoms with van der Waals surface area (Å²) in [5.74, 6) is -0.758. The van der Waals surface area contributed by atoms with Crippen LogP contribution in [-0.4, -0.2) is 46.5 Å². The molecular formula is C25H24N4O2. The Balaban J connectivity index is 1.70. The summed E-state index contributed by atoms with van der Waals surface area (Å²) < 4.78 is 3.69. The monoisotopic (exact) mass is 412 g/mol. The molecule has 156 valence electrons. The highest BCUT2D eigenvalue weighted by Crippen LogP contribution is 2.32. The number of rotatable bonds is 6. The molecule has 0 saturated heterocycles. The number of hydrogen-bond donors (Lipinski definition) is 1. The van der Waals surface area contributed by atoms with Gasteiger partial charge in [-0.2, -0.15) is 0 Å². The Morgan fingerprint density at radius 3 is 2.29 bits per heavy atom. The molecule has 6 heteroatoms. The number of benzene rings is 2. The first kappa shape index (κ1) is 19.3. The van der Waals surface area contributed by atoms with Crippen LogP contribution in [0, 0.1) is 0 Å². The van der Waals surface area contributed by atoms with Crippen LogP contribution in [0.4, 0.5) is 0 Å². The molecular weight excluding hydrogens is 388 g/mol. The number of para-hydroxylation sites is 2. The number of aromatic nitrogens is 2. The van der Waals surface area contributed by atoms with E-state index in [0.717, 1.165) is 41.2 Å². The van der Waals surface area contributed by atoms with Gasteiger partial charge in [-0.05, 0) is 62.6 Å². The van der Waals surface area contributed by atoms with Crippen molar-refractivity contribution in [1.82, 2.24) is 19.4 Å². The number of nitrogens with one attached hydrogen (secondary N) is 1. The quantitative estimate of drug-likeness (QED) is 0.493. The molecule has 2 aromatic heterocycles. The van der Waals surface area contributed by atoms with Gasteiger partial charge in [-0.25, -0.2) is 0 Å². The van der Waals surface area contributed by atoms with E-state index < -0.39 is 0 Å². The fraction of sp³-hybridized carbons (Fsp3) is 0.200. The highest BCUT2D eigenvalue weighted by atomic mass is 16.2. The summed E-state index contributed by atoms with van der Waals surface area (Å²) in [7, 11) is 4.13. The highest BCUT2D eigenvalue weighted by Gasteiger charge is 2.34. The van der Waals surface area contributed by atoms with Crippen LogP contribution in [0.5, 0.6) is 0 Å². The Morgan fingerprint density at radius 2 is 1.52 bits per heavy atom. The van der Waals surface area contributed by atoms with Gasteiger partial charge in [-0.1, -0.05) is 36.4 Å². The second kappa shape index (κ2) is 7.56. The van der Waals surface area contributed by atoms with Crippen molar-refractivity contribution < 1.29 is 9.59 Å². The number of aryl methyl sites for hydroxylation is 1. The van der Waals surface area contributed by atoms with Crippen LogP contribution < -0.4 is 5.32 Å². The fourth-order valence-electron chi connectivity index (χ4n) is 4.38. The van der Waals surface area contributed by atoms with Gasteiger partial charge in [0, 0.05) is 17.8 Å². The van der Waals surface area contributed by atoms with Crippen LogP contribution in [0.2, 0.25) is 0 Å². The van der Waals surface area contributed by atoms with Crippen LogP contribution in [0.1, 0.15) is 12.0 Å². The number of amides is 2. The molecule has 3 heterocycles. The molecule has 1 aliphatic heterocycles. The second-order valence-corrected chi connectivity index (χ2v) is 8.17. The summed E-state index contributed by atoms with van der Waals surface area (Å²) in [5.41, 5.74) is 3.71. The van der Waals surface area contributed by atoms with Crippen molar-refractivity contribution in [2.75, 3.05) is 20.6 Å². The van der Waals surface area contributed by atoms with Crippen molar-refractivity contribution in [3.05, 3.63) is 72.6 Å². The predicted octanol–water partition coefficient (Wildman–Crippen LogP) is 3.57. The summed E-state index contributed by atoms with van der Waals surface area (Å²) in [6.45, 7) is 0.988. The van der Waals surface area contributed by atoms with E-state index in [2.05, 4.69) is 30.4 Å². The van der Waals surface area contributed by atoms with Gasteiger partial charge in [0.05, 0.1) is 11.0 Å². The Labute approximate surface area is 180 Å². The van der Waals surface area contributed by atoms with Crippen molar-refractivity contribution in [2.45, 2.75) is 12.8 Å². The largest absolute Gasteiger partial charge is 0.310 e. The standard InChI is InChI=1S/C25H24N4O2/c1-27(2)14-7-9-18-16-29(21-12-6-4-10-19(18)21)23-22(24(30)26-25(23)31)28-15-13-17-8-3-5-11-20(17)28/h3-6,8,10-13,15-16H,7,9,14H2,1-2H3,(H,26,30,31). The van der Waals surface area contributed by atoms with Gasteiger partial charge in [-0.3, -0.25) is 14.9 Å². The van der Waals surface area contributed by atoms with Gasteiger partial charge in [0.1, 0.15) is 11.4 Å². The SMILES string of the molecule is CN(C)CCCc1cn(C2=C(n3ccc4ccccc43)C(=O)NC2=O)c2ccccc12. The second-order valence-electron chi connectivity index (χ2n) is 8.17. The van der Waals surface area contributed by atoms with E-state index in [1.807, 2.05) is 70.1 Å². The predicted molar refractivity (Wildman–Crippen MR) is 123 cm³/mol. The molecule has 0 saturated carbocycles. The Hall–Kier alpha value is -3.64. The van der Waals surface area contributed by atoms with Crippen LogP contribution in [0.25, 0.3) is 33.2 Å². The zero-order chi connectivity index (χ0) is 21.5. The molecule has 0 aliphatic carbocycles. The van der Waals surface area contributed by atoms with Crippen molar-refractivity contribution in [3.63, 3.8) is 0 Å². The number of carbonyl (C=O) groups excluding carboxylic acids is 2. The number of imide groups is 1. The van der Waals surface area contributed by atoms with Crippen LogP contribution in [0.3, 0.4) is 0 Å². The lowest BCUT2D eigenvalue weighted by Gasteiger charge is -2.09. The van der Waals surface area contributed by atoms with Crippen molar-refractivity contribution in [2.24, 2.45) is 0 Å².